The number of amides is 1. The van der Waals surface area contributed by atoms with Crippen molar-refractivity contribution in [3.8, 4) is 11.1 Å². The van der Waals surface area contributed by atoms with Crippen LogP contribution in [0.15, 0.2) is 49.6 Å². The van der Waals surface area contributed by atoms with Gasteiger partial charge in [0.1, 0.15) is 17.7 Å². The maximum atomic E-state index is 16.2. The van der Waals surface area contributed by atoms with Crippen LogP contribution in [-0.4, -0.2) is 29.7 Å². The fourth-order valence-corrected chi connectivity index (χ4v) is 5.27. The van der Waals surface area contributed by atoms with Gasteiger partial charge in [-0.25, -0.2) is 8.78 Å². The minimum absolute atomic E-state index is 0.0117. The quantitative estimate of drug-likeness (QED) is 0.139. The molecule has 2 N–H and O–H groups in total. The Bertz CT molecular complexity index is 1220. The van der Waals surface area contributed by atoms with Crippen molar-refractivity contribution in [2.75, 3.05) is 6.61 Å². The van der Waals surface area contributed by atoms with Gasteiger partial charge < -0.3 is 15.2 Å². The average molecular weight is 554 g/mol. The van der Waals surface area contributed by atoms with Gasteiger partial charge in [0.15, 0.2) is 0 Å². The molecular formula is C33H41F2NO4. The maximum Gasteiger partial charge on any atom is 0.308 e. The Labute approximate surface area is 236 Å². The smallest absolute Gasteiger partial charge is 0.308 e. The summed E-state index contributed by atoms with van der Waals surface area (Å²) in [6, 6.07) is 5.42. The van der Waals surface area contributed by atoms with Crippen LogP contribution >= 0.6 is 0 Å². The van der Waals surface area contributed by atoms with Crippen molar-refractivity contribution < 1.29 is 28.2 Å². The molecule has 1 fully saturated rings. The van der Waals surface area contributed by atoms with E-state index in [9.17, 15) is 19.1 Å². The van der Waals surface area contributed by atoms with E-state index < -0.39 is 29.8 Å². The lowest BCUT2D eigenvalue weighted by molar-refractivity contribution is -0.144. The lowest BCUT2D eigenvalue weighted by Crippen LogP contribution is -2.38. The average Bonchev–Trinajstić information content (AvgIpc) is 2.86. The number of hydrogen-bond acceptors (Lipinski definition) is 4. The summed E-state index contributed by atoms with van der Waals surface area (Å²) >= 11 is 0. The Kier molecular flexibility index (Phi) is 11.6. The van der Waals surface area contributed by atoms with Crippen LogP contribution in [0, 0.1) is 18.6 Å². The normalized spacial score (nSPS) is 14.6. The van der Waals surface area contributed by atoms with Crippen molar-refractivity contribution in [3.63, 3.8) is 0 Å². The molecule has 0 aliphatic heterocycles. The van der Waals surface area contributed by atoms with Crippen LogP contribution in [0.1, 0.15) is 92.5 Å². The first-order chi connectivity index (χ1) is 19.2. The maximum absolute atomic E-state index is 16.2. The molecule has 0 aromatic heterocycles. The van der Waals surface area contributed by atoms with Crippen molar-refractivity contribution in [1.29, 1.82) is 0 Å². The molecule has 3 rings (SSSR count). The van der Waals surface area contributed by atoms with E-state index in [1.807, 2.05) is 19.1 Å². The number of nitrogens with one attached hydrogen (secondary N) is 1. The minimum Gasteiger partial charge on any atom is -0.466 e. The van der Waals surface area contributed by atoms with Crippen molar-refractivity contribution in [2.24, 2.45) is 0 Å². The first-order valence-electron chi connectivity index (χ1n) is 14.2. The molecule has 1 saturated carbocycles. The SMILES string of the molecule is C=CCCCCc1cc(F)cc(C)c1-c1cc(C2CCC2)c(F)c([C@H](CC(=O)OCC)NC(=O)[C@H](O)CC=C)c1. The molecule has 1 aliphatic rings. The number of ether oxygens (including phenoxy) is 1. The predicted octanol–water partition coefficient (Wildman–Crippen LogP) is 7.15. The summed E-state index contributed by atoms with van der Waals surface area (Å²) in [6.45, 7) is 11.0. The van der Waals surface area contributed by atoms with Gasteiger partial charge in [0.25, 0.3) is 0 Å². The second-order valence-corrected chi connectivity index (χ2v) is 10.5. The Morgan fingerprint density at radius 1 is 1.15 bits per heavy atom. The highest BCUT2D eigenvalue weighted by atomic mass is 19.1. The molecule has 5 nitrogen and oxygen atoms in total. The third kappa shape index (κ3) is 7.87. The first-order valence-corrected chi connectivity index (χ1v) is 14.2. The van der Waals surface area contributed by atoms with E-state index in [4.69, 9.17) is 4.74 Å². The molecule has 216 valence electrons. The largest absolute Gasteiger partial charge is 0.466 e. The van der Waals surface area contributed by atoms with Crippen molar-refractivity contribution in [2.45, 2.75) is 89.7 Å². The summed E-state index contributed by atoms with van der Waals surface area (Å²) in [4.78, 5) is 25.3. The number of unbranched alkanes of at least 4 members (excludes halogenated alkanes) is 2. The number of aryl methyl sites for hydroxylation is 2. The molecule has 1 amide bonds. The van der Waals surface area contributed by atoms with Crippen molar-refractivity contribution in [1.82, 2.24) is 5.32 Å². The number of carbonyl (C=O) groups is 2. The lowest BCUT2D eigenvalue weighted by Gasteiger charge is -2.30. The van der Waals surface area contributed by atoms with E-state index in [-0.39, 0.29) is 36.7 Å². The fourth-order valence-electron chi connectivity index (χ4n) is 5.27. The molecule has 7 heteroatoms. The van der Waals surface area contributed by atoms with Crippen LogP contribution in [0.5, 0.6) is 0 Å². The van der Waals surface area contributed by atoms with Gasteiger partial charge in [-0.05, 0) is 110 Å². The summed E-state index contributed by atoms with van der Waals surface area (Å²) in [5.41, 5.74) is 3.76. The summed E-state index contributed by atoms with van der Waals surface area (Å²) in [6.07, 6.45) is 7.52. The Balaban J connectivity index is 2.15. The van der Waals surface area contributed by atoms with E-state index in [2.05, 4.69) is 18.5 Å². The predicted molar refractivity (Wildman–Crippen MR) is 154 cm³/mol. The molecule has 0 saturated heterocycles. The number of carbonyl (C=O) groups excluding carboxylic acids is 2. The molecule has 0 radical (unpaired) electrons. The topological polar surface area (TPSA) is 75.6 Å². The first kappa shape index (κ1) is 31.2. The minimum atomic E-state index is -1.39. The van der Waals surface area contributed by atoms with E-state index in [1.165, 1.54) is 18.2 Å². The van der Waals surface area contributed by atoms with Gasteiger partial charge in [-0.2, -0.15) is 0 Å². The molecule has 40 heavy (non-hydrogen) atoms. The highest BCUT2D eigenvalue weighted by Gasteiger charge is 2.31. The summed E-state index contributed by atoms with van der Waals surface area (Å²) in [7, 11) is 0. The van der Waals surface area contributed by atoms with Crippen LogP contribution in [0.25, 0.3) is 11.1 Å². The fraction of sp³-hybridized carbons (Fsp3) is 0.455. The van der Waals surface area contributed by atoms with Gasteiger partial charge in [0.05, 0.1) is 19.1 Å². The standard InChI is InChI=1S/C33H41F2NO4/c1-5-8-9-10-13-23-17-25(34)16-21(4)31(23)24-18-26(22-14-11-15-22)32(35)27(19-24)28(20-30(38)40-7-3)36-33(39)29(37)12-6-2/h5-6,16-19,22,28-29,37H,1-2,7-15,20H2,3-4H3,(H,36,39)/t28-,29+/m0/s1. The number of aliphatic hydroxyl groups is 1. The van der Waals surface area contributed by atoms with Gasteiger partial charge >= 0.3 is 5.97 Å². The molecule has 2 atom stereocenters. The van der Waals surface area contributed by atoms with Crippen LogP contribution in [-0.2, 0) is 20.7 Å². The summed E-state index contributed by atoms with van der Waals surface area (Å²) < 4.78 is 35.9. The Morgan fingerprint density at radius 3 is 2.52 bits per heavy atom. The highest BCUT2D eigenvalue weighted by molar-refractivity contribution is 5.82. The monoisotopic (exact) mass is 553 g/mol. The van der Waals surface area contributed by atoms with E-state index in [0.717, 1.165) is 55.2 Å². The van der Waals surface area contributed by atoms with Gasteiger partial charge in [0.2, 0.25) is 5.91 Å². The lowest BCUT2D eigenvalue weighted by atomic mass is 9.77. The highest BCUT2D eigenvalue weighted by Crippen LogP contribution is 2.43. The molecule has 2 aromatic rings. The molecule has 0 spiro atoms. The van der Waals surface area contributed by atoms with Gasteiger partial charge in [-0.1, -0.05) is 18.6 Å². The molecule has 0 heterocycles. The zero-order chi connectivity index (χ0) is 29.2. The van der Waals surface area contributed by atoms with Gasteiger partial charge in [-0.3, -0.25) is 9.59 Å². The number of aliphatic hydroxyl groups excluding tert-OH is 1. The number of halogens is 2. The van der Waals surface area contributed by atoms with Crippen LogP contribution in [0.3, 0.4) is 0 Å². The zero-order valence-electron chi connectivity index (χ0n) is 23.6. The third-order valence-corrected chi connectivity index (χ3v) is 7.51. The van der Waals surface area contributed by atoms with Crippen LogP contribution in [0.4, 0.5) is 8.78 Å². The number of benzene rings is 2. The van der Waals surface area contributed by atoms with Gasteiger partial charge in [-0.15, -0.1) is 13.2 Å². The van der Waals surface area contributed by atoms with Crippen molar-refractivity contribution in [3.05, 3.63) is 83.5 Å². The van der Waals surface area contributed by atoms with E-state index >= 15 is 4.39 Å². The second-order valence-electron chi connectivity index (χ2n) is 10.5. The summed E-state index contributed by atoms with van der Waals surface area (Å²) in [5, 5.41) is 12.9. The molecule has 1 aliphatic carbocycles. The molecule has 0 unspecified atom stereocenters. The zero-order valence-corrected chi connectivity index (χ0v) is 23.6. The Morgan fingerprint density at radius 2 is 1.90 bits per heavy atom. The number of allylic oxidation sites excluding steroid dienone is 1. The molecule has 2 aromatic carbocycles. The second kappa shape index (κ2) is 14.9. The molecule has 0 bridgehead atoms. The Hall–Kier alpha value is -3.32. The number of hydrogen-bond donors (Lipinski definition) is 2. The number of rotatable bonds is 15. The number of esters is 1. The molecular weight excluding hydrogens is 512 g/mol. The van der Waals surface area contributed by atoms with Crippen molar-refractivity contribution >= 4 is 11.9 Å². The van der Waals surface area contributed by atoms with Gasteiger partial charge in [0, 0.05) is 12.0 Å². The van der Waals surface area contributed by atoms with E-state index in [1.54, 1.807) is 13.0 Å². The summed E-state index contributed by atoms with van der Waals surface area (Å²) in [5.74, 6) is -2.12. The van der Waals surface area contributed by atoms with Crippen LogP contribution in [0.2, 0.25) is 0 Å². The van der Waals surface area contributed by atoms with E-state index in [0.29, 0.717) is 17.5 Å². The third-order valence-electron chi connectivity index (χ3n) is 7.51. The van der Waals surface area contributed by atoms with Crippen LogP contribution < -0.4 is 5.32 Å².